The van der Waals surface area contributed by atoms with Crippen molar-refractivity contribution in [3.63, 3.8) is 0 Å². The summed E-state index contributed by atoms with van der Waals surface area (Å²) in [5, 5.41) is 11.4. The van der Waals surface area contributed by atoms with E-state index in [1.807, 2.05) is 78.9 Å². The third-order valence-electron chi connectivity index (χ3n) is 5.34. The Hall–Kier alpha value is -4.17. The van der Waals surface area contributed by atoms with Crippen LogP contribution in [0.25, 0.3) is 10.8 Å². The summed E-state index contributed by atoms with van der Waals surface area (Å²) in [5.74, 6) is 0.581. The highest BCUT2D eigenvalue weighted by atomic mass is 32.2. The molecule has 4 aromatic carbocycles. The summed E-state index contributed by atoms with van der Waals surface area (Å²) in [6, 6.07) is 28.5. The third-order valence-corrected chi connectivity index (χ3v) is 6.63. The molecule has 4 aromatic rings. The van der Waals surface area contributed by atoms with Crippen molar-refractivity contribution in [2.24, 2.45) is 0 Å². The number of anilines is 1. The molecule has 0 atom stereocenters. The van der Waals surface area contributed by atoms with E-state index in [4.69, 9.17) is 9.47 Å². The molecule has 8 heteroatoms. The van der Waals surface area contributed by atoms with Crippen LogP contribution >= 0.6 is 0 Å². The quantitative estimate of drug-likeness (QED) is 0.393. The number of aliphatic hydroxyl groups is 1. The van der Waals surface area contributed by atoms with Gasteiger partial charge in [-0.3, -0.25) is 0 Å². The molecule has 0 aliphatic carbocycles. The van der Waals surface area contributed by atoms with Crippen LogP contribution in [-0.2, 0) is 23.4 Å². The molecule has 1 aliphatic heterocycles. The molecule has 0 saturated heterocycles. The summed E-state index contributed by atoms with van der Waals surface area (Å²) >= 11 is 0. The summed E-state index contributed by atoms with van der Waals surface area (Å²) in [6.45, 7) is 0.685. The van der Waals surface area contributed by atoms with Crippen LogP contribution in [0.5, 0.6) is 11.5 Å². The first-order valence-electron chi connectivity index (χ1n) is 10.6. The SMILES string of the molecule is O=S1(=O)NC(O)=CN1c1cc2ccc(OCc3ccccc3)cc2cc1OCc1ccccc1. The van der Waals surface area contributed by atoms with Crippen LogP contribution in [0.4, 0.5) is 5.69 Å². The number of hydrogen-bond acceptors (Lipinski definition) is 5. The number of rotatable bonds is 7. The number of nitrogens with zero attached hydrogens (tertiary/aromatic N) is 1. The third kappa shape index (κ3) is 4.62. The molecule has 7 nitrogen and oxygen atoms in total. The number of benzene rings is 4. The summed E-state index contributed by atoms with van der Waals surface area (Å²) in [7, 11) is -3.97. The highest BCUT2D eigenvalue weighted by molar-refractivity contribution is 7.91. The van der Waals surface area contributed by atoms with E-state index in [2.05, 4.69) is 4.72 Å². The van der Waals surface area contributed by atoms with E-state index < -0.39 is 16.1 Å². The molecule has 0 amide bonds. The van der Waals surface area contributed by atoms with Crippen molar-refractivity contribution < 1.29 is 23.0 Å². The van der Waals surface area contributed by atoms with Gasteiger partial charge in [0.2, 0.25) is 5.88 Å². The van der Waals surface area contributed by atoms with E-state index in [0.717, 1.165) is 32.4 Å². The van der Waals surface area contributed by atoms with E-state index in [-0.39, 0.29) is 12.3 Å². The molecule has 2 N–H and O–H groups in total. The molecule has 34 heavy (non-hydrogen) atoms. The van der Waals surface area contributed by atoms with E-state index in [0.29, 0.717) is 18.1 Å². The van der Waals surface area contributed by atoms with Crippen molar-refractivity contribution in [2.75, 3.05) is 4.31 Å². The molecule has 0 saturated carbocycles. The fourth-order valence-electron chi connectivity index (χ4n) is 3.68. The minimum Gasteiger partial charge on any atom is -0.493 e. The zero-order chi connectivity index (χ0) is 23.5. The van der Waals surface area contributed by atoms with Crippen LogP contribution in [0, 0.1) is 0 Å². The van der Waals surface area contributed by atoms with Crippen molar-refractivity contribution in [2.45, 2.75) is 13.2 Å². The fraction of sp³-hybridized carbons (Fsp3) is 0.0769. The predicted molar refractivity (Wildman–Crippen MR) is 131 cm³/mol. The topological polar surface area (TPSA) is 88.1 Å². The molecular formula is C26H22N2O5S. The van der Waals surface area contributed by atoms with Crippen LogP contribution < -0.4 is 18.5 Å². The molecule has 0 bridgehead atoms. The summed E-state index contributed by atoms with van der Waals surface area (Å²) in [5.41, 5.74) is 2.29. The lowest BCUT2D eigenvalue weighted by Crippen LogP contribution is -2.29. The predicted octanol–water partition coefficient (Wildman–Crippen LogP) is 5.01. The van der Waals surface area contributed by atoms with Gasteiger partial charge in [0.05, 0.1) is 6.20 Å². The van der Waals surface area contributed by atoms with E-state index in [9.17, 15) is 13.5 Å². The largest absolute Gasteiger partial charge is 0.493 e. The molecule has 0 spiro atoms. The van der Waals surface area contributed by atoms with Crippen molar-refractivity contribution in [1.29, 1.82) is 0 Å². The van der Waals surface area contributed by atoms with Gasteiger partial charge in [-0.15, -0.1) is 0 Å². The first-order valence-corrected chi connectivity index (χ1v) is 12.1. The fourth-order valence-corrected chi connectivity index (χ4v) is 4.74. The van der Waals surface area contributed by atoms with Gasteiger partial charge in [0.15, 0.2) is 0 Å². The van der Waals surface area contributed by atoms with Crippen LogP contribution in [-0.4, -0.2) is 13.5 Å². The van der Waals surface area contributed by atoms with E-state index in [1.165, 1.54) is 0 Å². The van der Waals surface area contributed by atoms with Crippen LogP contribution in [0.3, 0.4) is 0 Å². The maximum Gasteiger partial charge on any atom is 0.330 e. The minimum absolute atomic E-state index is 0.251. The average molecular weight is 475 g/mol. The molecule has 1 aliphatic rings. The number of nitrogens with one attached hydrogen (secondary N) is 1. The average Bonchev–Trinajstić information content (AvgIpc) is 3.13. The molecule has 0 aromatic heterocycles. The second kappa shape index (κ2) is 8.99. The van der Waals surface area contributed by atoms with E-state index >= 15 is 0 Å². The highest BCUT2D eigenvalue weighted by Gasteiger charge is 2.31. The van der Waals surface area contributed by atoms with Gasteiger partial charge in [0, 0.05) is 0 Å². The Kier molecular flexibility index (Phi) is 5.73. The van der Waals surface area contributed by atoms with E-state index in [1.54, 1.807) is 12.1 Å². The Morgan fingerprint density at radius 3 is 2.03 bits per heavy atom. The van der Waals surface area contributed by atoms with Crippen LogP contribution in [0.1, 0.15) is 11.1 Å². The lowest BCUT2D eigenvalue weighted by Gasteiger charge is -2.20. The molecular weight excluding hydrogens is 452 g/mol. The Morgan fingerprint density at radius 1 is 0.765 bits per heavy atom. The van der Waals surface area contributed by atoms with Crippen molar-refractivity contribution in [3.8, 4) is 11.5 Å². The normalized spacial score (nSPS) is 14.5. The number of ether oxygens (including phenoxy) is 2. The molecule has 5 rings (SSSR count). The molecule has 172 valence electrons. The first kappa shape index (κ1) is 21.7. The standard InChI is InChI=1S/C26H22N2O5S/c29-26-16-28(34(30,31)27-26)24-14-21-11-12-23(32-17-19-7-3-1-4-8-19)13-22(21)15-25(24)33-18-20-9-5-2-6-10-20/h1-16,27,29H,17-18H2. The van der Waals surface area contributed by atoms with Crippen molar-refractivity contribution in [1.82, 2.24) is 4.72 Å². The minimum atomic E-state index is -3.97. The maximum absolute atomic E-state index is 12.5. The highest BCUT2D eigenvalue weighted by Crippen LogP contribution is 2.38. The molecule has 0 fully saturated rings. The van der Waals surface area contributed by atoms with Gasteiger partial charge in [-0.1, -0.05) is 66.7 Å². The second-order valence-electron chi connectivity index (χ2n) is 7.79. The van der Waals surface area contributed by atoms with Gasteiger partial charge in [0.1, 0.15) is 30.4 Å². The maximum atomic E-state index is 12.5. The second-order valence-corrected chi connectivity index (χ2v) is 9.34. The zero-order valence-electron chi connectivity index (χ0n) is 18.1. The lowest BCUT2D eigenvalue weighted by molar-refractivity contribution is 0.306. The lowest BCUT2D eigenvalue weighted by atomic mass is 10.1. The molecule has 0 unspecified atom stereocenters. The van der Waals surface area contributed by atoms with Gasteiger partial charge in [-0.2, -0.15) is 8.42 Å². The van der Waals surface area contributed by atoms with Crippen molar-refractivity contribution in [3.05, 3.63) is 114 Å². The smallest absolute Gasteiger partial charge is 0.330 e. The monoisotopic (exact) mass is 474 g/mol. The van der Waals surface area contributed by atoms with Crippen LogP contribution in [0.15, 0.2) is 103 Å². The van der Waals surface area contributed by atoms with Crippen molar-refractivity contribution >= 4 is 26.7 Å². The summed E-state index contributed by atoms with van der Waals surface area (Å²) in [4.78, 5) is 0. The zero-order valence-corrected chi connectivity index (χ0v) is 18.9. The Balaban J connectivity index is 1.50. The number of aliphatic hydroxyl groups excluding tert-OH is 1. The van der Waals surface area contributed by atoms with Gasteiger partial charge >= 0.3 is 10.2 Å². The van der Waals surface area contributed by atoms with Gasteiger partial charge in [-0.25, -0.2) is 9.03 Å². The number of fused-ring (bicyclic) bond motifs is 1. The Labute approximate surface area is 197 Å². The van der Waals surface area contributed by atoms with Gasteiger partial charge in [-0.05, 0) is 46.2 Å². The Morgan fingerprint density at radius 2 is 1.41 bits per heavy atom. The summed E-state index contributed by atoms with van der Waals surface area (Å²) in [6.07, 6.45) is 1.11. The number of hydrogen-bond donors (Lipinski definition) is 2. The molecule has 0 radical (unpaired) electrons. The molecule has 1 heterocycles. The first-order chi connectivity index (χ1) is 16.5. The van der Waals surface area contributed by atoms with Gasteiger partial charge in [0.25, 0.3) is 0 Å². The summed E-state index contributed by atoms with van der Waals surface area (Å²) < 4.78 is 40.1. The Bertz CT molecular complexity index is 1460. The van der Waals surface area contributed by atoms with Crippen LogP contribution in [0.2, 0.25) is 0 Å². The van der Waals surface area contributed by atoms with Gasteiger partial charge < -0.3 is 14.6 Å².